The van der Waals surface area contributed by atoms with Crippen LogP contribution in [0.15, 0.2) is 47.6 Å². The molecule has 0 radical (unpaired) electrons. The van der Waals surface area contributed by atoms with E-state index in [1.165, 1.54) is 23.9 Å². The maximum absolute atomic E-state index is 12.3. The monoisotopic (exact) mass is 433 g/mol. The summed E-state index contributed by atoms with van der Waals surface area (Å²) in [6.07, 6.45) is 0. The summed E-state index contributed by atoms with van der Waals surface area (Å²) in [5.41, 5.74) is 1.24. The Balaban J connectivity index is 1.68. The van der Waals surface area contributed by atoms with Gasteiger partial charge in [0.25, 0.3) is 0 Å². The highest BCUT2D eigenvalue weighted by atomic mass is 35.5. The van der Waals surface area contributed by atoms with E-state index in [1.54, 1.807) is 25.3 Å². The van der Waals surface area contributed by atoms with Crippen LogP contribution in [0.5, 0.6) is 5.75 Å². The molecule has 1 aromatic heterocycles. The molecule has 9 nitrogen and oxygen atoms in total. The molecule has 11 heteroatoms. The Morgan fingerprint density at radius 1 is 1.21 bits per heavy atom. The van der Waals surface area contributed by atoms with Gasteiger partial charge < -0.3 is 14.8 Å². The molecule has 0 spiro atoms. The molecule has 1 N–H and O–H groups in total. The number of ether oxygens (including phenoxy) is 2. The van der Waals surface area contributed by atoms with Crippen LogP contribution < -0.4 is 10.1 Å². The second kappa shape index (κ2) is 9.39. The first kappa shape index (κ1) is 20.6. The number of aromatic nitrogens is 4. The third-order valence-corrected chi connectivity index (χ3v) is 4.99. The number of anilines is 1. The molecule has 0 unspecified atom stereocenters. The van der Waals surface area contributed by atoms with Gasteiger partial charge in [-0.2, -0.15) is 4.68 Å². The number of nitrogens with zero attached hydrogens (tertiary/aromatic N) is 4. The number of amides is 1. The minimum Gasteiger partial charge on any atom is -0.494 e. The second-order valence-electron chi connectivity index (χ2n) is 5.57. The van der Waals surface area contributed by atoms with Crippen molar-refractivity contribution < 1.29 is 19.1 Å². The first-order chi connectivity index (χ1) is 14.0. The van der Waals surface area contributed by atoms with Gasteiger partial charge in [0.2, 0.25) is 11.1 Å². The molecule has 0 aliphatic rings. The van der Waals surface area contributed by atoms with E-state index in [0.29, 0.717) is 22.3 Å². The summed E-state index contributed by atoms with van der Waals surface area (Å²) >= 11 is 7.14. The highest BCUT2D eigenvalue weighted by Gasteiger charge is 2.16. The van der Waals surface area contributed by atoms with Crippen LogP contribution in [-0.4, -0.2) is 52.1 Å². The predicted molar refractivity (Wildman–Crippen MR) is 108 cm³/mol. The second-order valence-corrected chi connectivity index (χ2v) is 6.92. The van der Waals surface area contributed by atoms with E-state index < -0.39 is 5.97 Å². The number of para-hydroxylation sites is 2. The third kappa shape index (κ3) is 4.84. The highest BCUT2D eigenvalue weighted by molar-refractivity contribution is 7.99. The lowest BCUT2D eigenvalue weighted by molar-refractivity contribution is -0.113. The SMILES string of the molecule is COC(=O)c1cc(NC(=O)CSc2nnnn2-c2ccccc2OC)ccc1Cl. The largest absolute Gasteiger partial charge is 0.494 e. The molecule has 0 fully saturated rings. The Kier molecular flexibility index (Phi) is 6.68. The molecule has 0 saturated heterocycles. The van der Waals surface area contributed by atoms with Crippen LogP contribution in [0.1, 0.15) is 10.4 Å². The number of esters is 1. The molecule has 0 aliphatic heterocycles. The lowest BCUT2D eigenvalue weighted by Crippen LogP contribution is -2.15. The summed E-state index contributed by atoms with van der Waals surface area (Å²) in [4.78, 5) is 24.0. The average Bonchev–Trinajstić information content (AvgIpc) is 3.21. The minimum absolute atomic E-state index is 0.0473. The molecule has 0 bridgehead atoms. The van der Waals surface area contributed by atoms with Crippen molar-refractivity contribution in [1.82, 2.24) is 20.2 Å². The fraction of sp³-hybridized carbons (Fsp3) is 0.167. The molecular formula is C18H16ClN5O4S. The first-order valence-corrected chi connectivity index (χ1v) is 9.62. The zero-order valence-corrected chi connectivity index (χ0v) is 17.0. The van der Waals surface area contributed by atoms with Crippen molar-refractivity contribution in [2.45, 2.75) is 5.16 Å². The van der Waals surface area contributed by atoms with Gasteiger partial charge in [0.05, 0.1) is 30.6 Å². The van der Waals surface area contributed by atoms with Gasteiger partial charge in [-0.05, 0) is 40.8 Å². The number of hydrogen-bond acceptors (Lipinski definition) is 8. The summed E-state index contributed by atoms with van der Waals surface area (Å²) < 4.78 is 11.5. The Hall–Kier alpha value is -3.11. The van der Waals surface area contributed by atoms with Gasteiger partial charge >= 0.3 is 5.97 Å². The third-order valence-electron chi connectivity index (χ3n) is 3.74. The number of carbonyl (C=O) groups is 2. The summed E-state index contributed by atoms with van der Waals surface area (Å²) in [5, 5.41) is 15.0. The van der Waals surface area contributed by atoms with Crippen LogP contribution in [-0.2, 0) is 9.53 Å². The van der Waals surface area contributed by atoms with Crippen molar-refractivity contribution in [1.29, 1.82) is 0 Å². The van der Waals surface area contributed by atoms with Gasteiger partial charge in [0.15, 0.2) is 0 Å². The first-order valence-electron chi connectivity index (χ1n) is 8.25. The number of benzene rings is 2. The molecular weight excluding hydrogens is 418 g/mol. The van der Waals surface area contributed by atoms with Gasteiger partial charge in [0, 0.05) is 5.69 Å². The van der Waals surface area contributed by atoms with E-state index in [-0.39, 0.29) is 22.2 Å². The van der Waals surface area contributed by atoms with E-state index in [4.69, 9.17) is 16.3 Å². The topological polar surface area (TPSA) is 108 Å². The van der Waals surface area contributed by atoms with Gasteiger partial charge in [-0.15, -0.1) is 5.10 Å². The molecule has 2 aromatic carbocycles. The smallest absolute Gasteiger partial charge is 0.339 e. The normalized spacial score (nSPS) is 10.4. The van der Waals surface area contributed by atoms with Gasteiger partial charge in [-0.25, -0.2) is 4.79 Å². The van der Waals surface area contributed by atoms with E-state index in [2.05, 4.69) is 25.6 Å². The van der Waals surface area contributed by atoms with Gasteiger partial charge in [-0.1, -0.05) is 35.5 Å². The van der Waals surface area contributed by atoms with E-state index >= 15 is 0 Å². The molecule has 1 amide bonds. The van der Waals surface area contributed by atoms with Crippen LogP contribution in [0.3, 0.4) is 0 Å². The Morgan fingerprint density at radius 3 is 2.76 bits per heavy atom. The number of rotatable bonds is 7. The maximum Gasteiger partial charge on any atom is 0.339 e. The Bertz CT molecular complexity index is 1040. The molecule has 0 aliphatic carbocycles. The zero-order valence-electron chi connectivity index (χ0n) is 15.5. The molecule has 3 aromatic rings. The fourth-order valence-corrected chi connectivity index (χ4v) is 3.30. The van der Waals surface area contributed by atoms with Crippen molar-refractivity contribution in [3.63, 3.8) is 0 Å². The number of methoxy groups -OCH3 is 2. The van der Waals surface area contributed by atoms with Crippen LogP contribution >= 0.6 is 23.4 Å². The zero-order chi connectivity index (χ0) is 20.8. The highest BCUT2D eigenvalue weighted by Crippen LogP contribution is 2.26. The lowest BCUT2D eigenvalue weighted by atomic mass is 10.2. The molecule has 3 rings (SSSR count). The Morgan fingerprint density at radius 2 is 2.00 bits per heavy atom. The van der Waals surface area contributed by atoms with E-state index in [9.17, 15) is 9.59 Å². The minimum atomic E-state index is -0.587. The predicted octanol–water partition coefficient (Wildman–Crippen LogP) is 2.84. The van der Waals surface area contributed by atoms with Crippen LogP contribution in [0.25, 0.3) is 5.69 Å². The van der Waals surface area contributed by atoms with Crippen LogP contribution in [0.2, 0.25) is 5.02 Å². The number of carbonyl (C=O) groups excluding carboxylic acids is 2. The van der Waals surface area contributed by atoms with E-state index in [0.717, 1.165) is 11.8 Å². The van der Waals surface area contributed by atoms with Crippen LogP contribution in [0, 0.1) is 0 Å². The summed E-state index contributed by atoms with van der Waals surface area (Å²) in [6, 6.07) is 11.8. The lowest BCUT2D eigenvalue weighted by Gasteiger charge is -2.09. The molecule has 1 heterocycles. The van der Waals surface area contributed by atoms with Crippen molar-refractivity contribution >= 4 is 40.9 Å². The summed E-state index contributed by atoms with van der Waals surface area (Å²) in [5.74, 6) is -0.243. The average molecular weight is 434 g/mol. The van der Waals surface area contributed by atoms with E-state index in [1.807, 2.05) is 12.1 Å². The number of halogens is 1. The van der Waals surface area contributed by atoms with Crippen LogP contribution in [0.4, 0.5) is 5.69 Å². The molecule has 150 valence electrons. The molecule has 0 saturated carbocycles. The quantitative estimate of drug-likeness (QED) is 0.447. The van der Waals surface area contributed by atoms with Crippen molar-refractivity contribution in [3.8, 4) is 11.4 Å². The molecule has 29 heavy (non-hydrogen) atoms. The standard InChI is InChI=1S/C18H16ClN5O4S/c1-27-15-6-4-3-5-14(15)24-18(21-22-23-24)29-10-16(25)20-11-7-8-13(19)12(9-11)17(26)28-2/h3-9H,10H2,1-2H3,(H,20,25). The molecule has 0 atom stereocenters. The van der Waals surface area contributed by atoms with Crippen molar-refractivity contribution in [3.05, 3.63) is 53.1 Å². The summed E-state index contributed by atoms with van der Waals surface area (Å²) in [7, 11) is 2.81. The van der Waals surface area contributed by atoms with Crippen molar-refractivity contribution in [2.24, 2.45) is 0 Å². The van der Waals surface area contributed by atoms with Gasteiger partial charge in [-0.3, -0.25) is 4.79 Å². The number of hydrogen-bond donors (Lipinski definition) is 1. The van der Waals surface area contributed by atoms with Gasteiger partial charge in [0.1, 0.15) is 11.4 Å². The number of tetrazole rings is 1. The summed E-state index contributed by atoms with van der Waals surface area (Å²) in [6.45, 7) is 0. The Labute approximate surface area is 175 Å². The van der Waals surface area contributed by atoms with Crippen molar-refractivity contribution in [2.75, 3.05) is 25.3 Å². The number of nitrogens with one attached hydrogen (secondary N) is 1. The fourth-order valence-electron chi connectivity index (χ4n) is 2.42. The number of thioether (sulfide) groups is 1. The maximum atomic E-state index is 12.3.